The lowest BCUT2D eigenvalue weighted by Gasteiger charge is -2.03. The van der Waals surface area contributed by atoms with E-state index in [0.29, 0.717) is 11.3 Å². The van der Waals surface area contributed by atoms with Crippen LogP contribution in [0.2, 0.25) is 0 Å². The molecule has 4 nitrogen and oxygen atoms in total. The van der Waals surface area contributed by atoms with Crippen molar-refractivity contribution in [2.75, 3.05) is 7.11 Å². The van der Waals surface area contributed by atoms with Gasteiger partial charge in [0, 0.05) is 16.9 Å². The first kappa shape index (κ1) is 11.7. The number of thiol groups is 1. The molecule has 0 amide bonds. The van der Waals surface area contributed by atoms with E-state index in [-0.39, 0.29) is 5.56 Å². The van der Waals surface area contributed by atoms with Gasteiger partial charge < -0.3 is 4.74 Å². The van der Waals surface area contributed by atoms with Crippen molar-refractivity contribution in [2.24, 2.45) is 0 Å². The summed E-state index contributed by atoms with van der Waals surface area (Å²) in [4.78, 5) is 11.3. The Balaban J connectivity index is 2.42. The summed E-state index contributed by atoms with van der Waals surface area (Å²) < 4.78 is 5.08. The van der Waals surface area contributed by atoms with Crippen molar-refractivity contribution < 1.29 is 4.74 Å². The Hall–Kier alpha value is -1.75. The Morgan fingerprint density at radius 2 is 2.06 bits per heavy atom. The molecule has 0 unspecified atom stereocenters. The second-order valence-corrected chi connectivity index (χ2v) is 3.81. The minimum absolute atomic E-state index is 0.197. The number of benzene rings is 1. The van der Waals surface area contributed by atoms with Gasteiger partial charge >= 0.3 is 0 Å². The number of aromatic amines is 1. The van der Waals surface area contributed by atoms with E-state index in [0.717, 1.165) is 17.0 Å². The quantitative estimate of drug-likeness (QED) is 0.815. The first-order valence-electron chi connectivity index (χ1n) is 5.08. The molecule has 0 fully saturated rings. The van der Waals surface area contributed by atoms with E-state index in [1.54, 1.807) is 13.2 Å². The summed E-state index contributed by atoms with van der Waals surface area (Å²) in [6, 6.07) is 9.22. The van der Waals surface area contributed by atoms with Crippen LogP contribution in [0.25, 0.3) is 11.3 Å². The van der Waals surface area contributed by atoms with Gasteiger partial charge in [0.1, 0.15) is 5.75 Å². The predicted octanol–water partition coefficient (Wildman–Crippen LogP) is 1.88. The first-order valence-corrected chi connectivity index (χ1v) is 5.71. The Morgan fingerprint density at radius 3 is 2.65 bits per heavy atom. The molecule has 2 rings (SSSR count). The number of aromatic nitrogens is 2. The smallest absolute Gasteiger partial charge is 0.268 e. The number of ether oxygens (including phenoxy) is 1. The zero-order valence-corrected chi connectivity index (χ0v) is 10.2. The van der Waals surface area contributed by atoms with Crippen LogP contribution in [0, 0.1) is 0 Å². The number of nitrogens with zero attached hydrogens (tertiary/aromatic N) is 1. The molecule has 0 atom stereocenters. The highest BCUT2D eigenvalue weighted by molar-refractivity contribution is 7.79. The van der Waals surface area contributed by atoms with Crippen LogP contribution in [-0.4, -0.2) is 17.3 Å². The molecular weight excluding hydrogens is 236 g/mol. The van der Waals surface area contributed by atoms with Gasteiger partial charge in [-0.2, -0.15) is 17.7 Å². The maximum atomic E-state index is 11.3. The van der Waals surface area contributed by atoms with E-state index in [1.807, 2.05) is 24.3 Å². The molecule has 88 valence electrons. The summed E-state index contributed by atoms with van der Waals surface area (Å²) in [6.07, 6.45) is 0. The monoisotopic (exact) mass is 248 g/mol. The van der Waals surface area contributed by atoms with Crippen molar-refractivity contribution in [3.8, 4) is 17.0 Å². The number of nitrogens with one attached hydrogen (secondary N) is 1. The van der Waals surface area contributed by atoms with Crippen LogP contribution >= 0.6 is 12.6 Å². The van der Waals surface area contributed by atoms with Crippen LogP contribution in [0.15, 0.2) is 35.1 Å². The Kier molecular flexibility index (Phi) is 3.49. The van der Waals surface area contributed by atoms with Gasteiger partial charge in [-0.25, -0.2) is 5.10 Å². The minimum Gasteiger partial charge on any atom is -0.497 e. The molecule has 1 aromatic carbocycles. The lowest BCUT2D eigenvalue weighted by molar-refractivity contribution is 0.415. The Labute approximate surface area is 104 Å². The number of hydrogen-bond acceptors (Lipinski definition) is 4. The highest BCUT2D eigenvalue weighted by atomic mass is 32.1. The van der Waals surface area contributed by atoms with Crippen molar-refractivity contribution in [3.63, 3.8) is 0 Å². The fourth-order valence-electron chi connectivity index (χ4n) is 1.47. The lowest BCUT2D eigenvalue weighted by Crippen LogP contribution is -2.13. The van der Waals surface area contributed by atoms with Crippen molar-refractivity contribution in [2.45, 2.75) is 5.75 Å². The highest BCUT2D eigenvalue weighted by Gasteiger charge is 2.04. The molecule has 0 spiro atoms. The zero-order valence-electron chi connectivity index (χ0n) is 9.30. The largest absolute Gasteiger partial charge is 0.497 e. The first-order chi connectivity index (χ1) is 8.24. The van der Waals surface area contributed by atoms with Crippen molar-refractivity contribution >= 4 is 12.6 Å². The van der Waals surface area contributed by atoms with Gasteiger partial charge in [-0.05, 0) is 30.3 Å². The van der Waals surface area contributed by atoms with Gasteiger partial charge in [-0.15, -0.1) is 0 Å². The van der Waals surface area contributed by atoms with E-state index in [2.05, 4.69) is 22.8 Å². The number of methoxy groups -OCH3 is 1. The Morgan fingerprint density at radius 1 is 1.35 bits per heavy atom. The third-order valence-corrected chi connectivity index (χ3v) is 2.78. The van der Waals surface area contributed by atoms with Gasteiger partial charge in [-0.3, -0.25) is 4.79 Å². The van der Waals surface area contributed by atoms with Gasteiger partial charge in [0.25, 0.3) is 5.56 Å². The molecular formula is C12H12N2O2S. The zero-order chi connectivity index (χ0) is 12.3. The Bertz CT molecular complexity index is 563. The minimum atomic E-state index is -0.197. The molecule has 1 N–H and O–H groups in total. The molecule has 1 heterocycles. The third kappa shape index (κ3) is 2.50. The average Bonchev–Trinajstić information content (AvgIpc) is 2.39. The molecule has 2 aromatic rings. The van der Waals surface area contributed by atoms with E-state index in [4.69, 9.17) is 4.74 Å². The number of H-pyrrole nitrogens is 1. The molecule has 0 aliphatic heterocycles. The molecule has 0 aliphatic carbocycles. The van der Waals surface area contributed by atoms with Crippen LogP contribution < -0.4 is 10.3 Å². The van der Waals surface area contributed by atoms with Crippen LogP contribution in [0.5, 0.6) is 5.75 Å². The summed E-state index contributed by atoms with van der Waals surface area (Å²) in [5.41, 5.74) is 2.05. The van der Waals surface area contributed by atoms with Gasteiger partial charge in [0.15, 0.2) is 0 Å². The highest BCUT2D eigenvalue weighted by Crippen LogP contribution is 2.20. The normalized spacial score (nSPS) is 10.2. The van der Waals surface area contributed by atoms with Crippen LogP contribution in [0.1, 0.15) is 5.56 Å². The fraction of sp³-hybridized carbons (Fsp3) is 0.167. The topological polar surface area (TPSA) is 55.0 Å². The second kappa shape index (κ2) is 5.05. The van der Waals surface area contributed by atoms with Crippen LogP contribution in [-0.2, 0) is 5.75 Å². The maximum Gasteiger partial charge on any atom is 0.268 e. The van der Waals surface area contributed by atoms with Crippen molar-refractivity contribution in [1.82, 2.24) is 10.2 Å². The summed E-state index contributed by atoms with van der Waals surface area (Å²) in [5.74, 6) is 1.17. The predicted molar refractivity (Wildman–Crippen MR) is 69.5 cm³/mol. The van der Waals surface area contributed by atoms with Gasteiger partial charge in [-0.1, -0.05) is 0 Å². The summed E-state index contributed by atoms with van der Waals surface area (Å²) >= 11 is 4.10. The second-order valence-electron chi connectivity index (χ2n) is 3.49. The van der Waals surface area contributed by atoms with Gasteiger partial charge in [0.2, 0.25) is 0 Å². The molecule has 0 bridgehead atoms. The summed E-state index contributed by atoms with van der Waals surface area (Å²) in [5, 5.41) is 6.46. The molecule has 1 aromatic heterocycles. The fourth-order valence-corrected chi connectivity index (χ4v) is 1.71. The molecule has 0 saturated heterocycles. The summed E-state index contributed by atoms with van der Waals surface area (Å²) in [6.45, 7) is 0. The van der Waals surface area contributed by atoms with Crippen LogP contribution in [0.4, 0.5) is 0 Å². The van der Waals surface area contributed by atoms with E-state index < -0.39 is 0 Å². The number of hydrogen-bond donors (Lipinski definition) is 2. The molecule has 0 saturated carbocycles. The van der Waals surface area contributed by atoms with Gasteiger partial charge in [0.05, 0.1) is 12.8 Å². The van der Waals surface area contributed by atoms with E-state index in [1.165, 1.54) is 0 Å². The SMILES string of the molecule is COc1ccc(-c2cc(CS)c(=O)[nH]n2)cc1. The third-order valence-electron chi connectivity index (χ3n) is 2.44. The molecule has 5 heteroatoms. The average molecular weight is 248 g/mol. The molecule has 0 aliphatic rings. The van der Waals surface area contributed by atoms with Crippen molar-refractivity contribution in [3.05, 3.63) is 46.2 Å². The lowest BCUT2D eigenvalue weighted by atomic mass is 10.1. The van der Waals surface area contributed by atoms with Crippen molar-refractivity contribution in [1.29, 1.82) is 0 Å². The number of rotatable bonds is 3. The summed E-state index contributed by atoms with van der Waals surface area (Å²) in [7, 11) is 1.62. The van der Waals surface area contributed by atoms with E-state index in [9.17, 15) is 4.79 Å². The molecule has 0 radical (unpaired) electrons. The maximum absolute atomic E-state index is 11.3. The van der Waals surface area contributed by atoms with Crippen LogP contribution in [0.3, 0.4) is 0 Å². The molecule has 17 heavy (non-hydrogen) atoms. The standard InChI is InChI=1S/C12H12N2O2S/c1-16-10-4-2-8(3-5-10)11-6-9(7-17)12(15)14-13-11/h2-6,17H,7H2,1H3,(H,14,15). The van der Waals surface area contributed by atoms with E-state index >= 15 is 0 Å².